The van der Waals surface area contributed by atoms with E-state index in [-0.39, 0.29) is 12.3 Å². The molecule has 92 valence electrons. The van der Waals surface area contributed by atoms with Crippen LogP contribution >= 0.6 is 11.6 Å². The van der Waals surface area contributed by atoms with E-state index in [0.29, 0.717) is 16.5 Å². The van der Waals surface area contributed by atoms with Crippen molar-refractivity contribution in [2.75, 3.05) is 11.1 Å². The van der Waals surface area contributed by atoms with Gasteiger partial charge in [-0.2, -0.15) is 0 Å². The maximum absolute atomic E-state index is 11.8. The lowest BCUT2D eigenvalue weighted by atomic mass is 10.1. The topological polar surface area (TPSA) is 68.0 Å². The molecule has 1 aromatic heterocycles. The molecular formula is C13H12ClN3O. The fraction of sp³-hybridized carbons (Fsp3) is 0.0769. The van der Waals surface area contributed by atoms with Crippen LogP contribution in [-0.2, 0) is 11.2 Å². The Balaban J connectivity index is 1.98. The van der Waals surface area contributed by atoms with Gasteiger partial charge >= 0.3 is 0 Å². The van der Waals surface area contributed by atoms with Crippen LogP contribution in [0.5, 0.6) is 0 Å². The number of nitrogens with one attached hydrogen (secondary N) is 1. The van der Waals surface area contributed by atoms with E-state index in [4.69, 9.17) is 17.3 Å². The van der Waals surface area contributed by atoms with Crippen molar-refractivity contribution in [2.24, 2.45) is 0 Å². The number of nitrogens with two attached hydrogens (primary N) is 1. The smallest absolute Gasteiger partial charge is 0.229 e. The fourth-order valence-corrected chi connectivity index (χ4v) is 1.64. The number of benzene rings is 1. The first-order valence-electron chi connectivity index (χ1n) is 5.39. The average Bonchev–Trinajstić information content (AvgIpc) is 2.32. The molecule has 3 N–H and O–H groups in total. The van der Waals surface area contributed by atoms with Crippen LogP contribution in [0.15, 0.2) is 42.6 Å². The van der Waals surface area contributed by atoms with Crippen molar-refractivity contribution in [3.8, 4) is 0 Å². The zero-order valence-corrected chi connectivity index (χ0v) is 10.3. The number of pyridine rings is 1. The molecule has 0 spiro atoms. The zero-order valence-electron chi connectivity index (χ0n) is 9.56. The molecular weight excluding hydrogens is 250 g/mol. The monoisotopic (exact) mass is 261 g/mol. The van der Waals surface area contributed by atoms with Gasteiger partial charge in [0.05, 0.1) is 11.4 Å². The first-order valence-corrected chi connectivity index (χ1v) is 5.77. The van der Waals surface area contributed by atoms with Crippen LogP contribution in [0.4, 0.5) is 11.5 Å². The number of rotatable bonds is 3. The Morgan fingerprint density at radius 2 is 2.17 bits per heavy atom. The minimum absolute atomic E-state index is 0.143. The molecule has 1 amide bonds. The van der Waals surface area contributed by atoms with E-state index in [9.17, 15) is 4.79 Å². The summed E-state index contributed by atoms with van der Waals surface area (Å²) >= 11 is 5.71. The largest absolute Gasteiger partial charge is 0.399 e. The van der Waals surface area contributed by atoms with Crippen LogP contribution in [-0.4, -0.2) is 10.9 Å². The molecule has 0 atom stereocenters. The Labute approximate surface area is 110 Å². The molecule has 0 fully saturated rings. The molecule has 5 heteroatoms. The van der Waals surface area contributed by atoms with Crippen molar-refractivity contribution >= 4 is 29.0 Å². The molecule has 0 aliphatic rings. The molecule has 0 aliphatic carbocycles. The summed E-state index contributed by atoms with van der Waals surface area (Å²) < 4.78 is 0. The van der Waals surface area contributed by atoms with E-state index >= 15 is 0 Å². The summed E-state index contributed by atoms with van der Waals surface area (Å²) in [5.74, 6) is 0.337. The summed E-state index contributed by atoms with van der Waals surface area (Å²) in [4.78, 5) is 15.7. The third-order valence-electron chi connectivity index (χ3n) is 2.31. The number of nitrogen functional groups attached to an aromatic ring is 1. The first-order chi connectivity index (χ1) is 8.63. The molecule has 0 bridgehead atoms. The second-order valence-electron chi connectivity index (χ2n) is 3.83. The molecule has 0 saturated heterocycles. The number of carbonyl (C=O) groups excluding carboxylic acids is 1. The number of amides is 1. The SMILES string of the molecule is Nc1cccc(CC(=O)Nc2ccc(Cl)cn2)c1. The lowest BCUT2D eigenvalue weighted by Crippen LogP contribution is -2.15. The number of aromatic nitrogens is 1. The lowest BCUT2D eigenvalue weighted by molar-refractivity contribution is -0.115. The first kappa shape index (κ1) is 12.4. The van der Waals surface area contributed by atoms with Crippen molar-refractivity contribution in [2.45, 2.75) is 6.42 Å². The van der Waals surface area contributed by atoms with Crippen molar-refractivity contribution in [1.29, 1.82) is 0 Å². The highest BCUT2D eigenvalue weighted by molar-refractivity contribution is 6.30. The number of halogens is 1. The quantitative estimate of drug-likeness (QED) is 0.834. The van der Waals surface area contributed by atoms with E-state index in [1.165, 1.54) is 6.20 Å². The van der Waals surface area contributed by atoms with Crippen molar-refractivity contribution in [3.63, 3.8) is 0 Å². The lowest BCUT2D eigenvalue weighted by Gasteiger charge is -2.05. The highest BCUT2D eigenvalue weighted by atomic mass is 35.5. The second-order valence-corrected chi connectivity index (χ2v) is 4.27. The van der Waals surface area contributed by atoms with Gasteiger partial charge in [-0.25, -0.2) is 4.98 Å². The number of anilines is 2. The van der Waals surface area contributed by atoms with Crippen LogP contribution in [0.25, 0.3) is 0 Å². The molecule has 1 heterocycles. The van der Waals surface area contributed by atoms with Crippen LogP contribution < -0.4 is 11.1 Å². The average molecular weight is 262 g/mol. The van der Waals surface area contributed by atoms with E-state index in [1.807, 2.05) is 12.1 Å². The summed E-state index contributed by atoms with van der Waals surface area (Å²) in [7, 11) is 0. The predicted octanol–water partition coefficient (Wildman–Crippen LogP) is 2.50. The van der Waals surface area contributed by atoms with Crippen molar-refractivity contribution in [3.05, 3.63) is 53.2 Å². The maximum Gasteiger partial charge on any atom is 0.229 e. The third kappa shape index (κ3) is 3.46. The second kappa shape index (κ2) is 5.51. The van der Waals surface area contributed by atoms with E-state index in [2.05, 4.69) is 10.3 Å². The standard InChI is InChI=1S/C13H12ClN3O/c14-10-4-5-12(16-8-10)17-13(18)7-9-2-1-3-11(15)6-9/h1-6,8H,7,15H2,(H,16,17,18). The summed E-state index contributed by atoms with van der Waals surface area (Å²) in [6.07, 6.45) is 1.74. The predicted molar refractivity (Wildman–Crippen MR) is 72.4 cm³/mol. The molecule has 0 aliphatic heterocycles. The van der Waals surface area contributed by atoms with Gasteiger partial charge in [-0.15, -0.1) is 0 Å². The Morgan fingerprint density at radius 3 is 2.83 bits per heavy atom. The fourth-order valence-electron chi connectivity index (χ4n) is 1.53. The van der Waals surface area contributed by atoms with Gasteiger partial charge < -0.3 is 11.1 Å². The molecule has 1 aromatic carbocycles. The molecule has 2 rings (SSSR count). The molecule has 2 aromatic rings. The highest BCUT2D eigenvalue weighted by Crippen LogP contribution is 2.11. The minimum Gasteiger partial charge on any atom is -0.399 e. The third-order valence-corrected chi connectivity index (χ3v) is 2.53. The number of carbonyl (C=O) groups is 1. The van der Waals surface area contributed by atoms with Gasteiger partial charge in [-0.05, 0) is 29.8 Å². The van der Waals surface area contributed by atoms with Gasteiger partial charge in [-0.3, -0.25) is 4.79 Å². The Bertz CT molecular complexity index is 554. The van der Waals surface area contributed by atoms with Gasteiger partial charge in [0.25, 0.3) is 0 Å². The highest BCUT2D eigenvalue weighted by Gasteiger charge is 2.05. The molecule has 0 radical (unpaired) electrons. The summed E-state index contributed by atoms with van der Waals surface area (Å²) in [5.41, 5.74) is 7.15. The molecule has 18 heavy (non-hydrogen) atoms. The van der Waals surface area contributed by atoms with Gasteiger partial charge in [0.1, 0.15) is 5.82 Å². The number of nitrogens with zero attached hydrogens (tertiary/aromatic N) is 1. The van der Waals surface area contributed by atoms with Gasteiger partial charge in [0.2, 0.25) is 5.91 Å². The van der Waals surface area contributed by atoms with Gasteiger partial charge in [0.15, 0.2) is 0 Å². The van der Waals surface area contributed by atoms with Gasteiger partial charge in [0, 0.05) is 11.9 Å². The summed E-state index contributed by atoms with van der Waals surface area (Å²) in [5, 5.41) is 3.22. The van der Waals surface area contributed by atoms with E-state index < -0.39 is 0 Å². The Morgan fingerprint density at radius 1 is 1.33 bits per heavy atom. The summed E-state index contributed by atoms with van der Waals surface area (Å²) in [6.45, 7) is 0. The molecule has 4 nitrogen and oxygen atoms in total. The van der Waals surface area contributed by atoms with E-state index in [1.54, 1.807) is 24.3 Å². The van der Waals surface area contributed by atoms with Crippen LogP contribution in [0.3, 0.4) is 0 Å². The molecule has 0 saturated carbocycles. The Kier molecular flexibility index (Phi) is 3.79. The number of hydrogen-bond donors (Lipinski definition) is 2. The summed E-state index contributed by atoms with van der Waals surface area (Å²) in [6, 6.07) is 10.5. The van der Waals surface area contributed by atoms with Crippen molar-refractivity contribution in [1.82, 2.24) is 4.98 Å². The maximum atomic E-state index is 11.8. The van der Waals surface area contributed by atoms with Crippen LogP contribution in [0, 0.1) is 0 Å². The zero-order chi connectivity index (χ0) is 13.0. The van der Waals surface area contributed by atoms with E-state index in [0.717, 1.165) is 5.56 Å². The normalized spacial score (nSPS) is 10.1. The van der Waals surface area contributed by atoms with Crippen LogP contribution in [0.2, 0.25) is 5.02 Å². The molecule has 0 unspecified atom stereocenters. The minimum atomic E-state index is -0.143. The van der Waals surface area contributed by atoms with Crippen molar-refractivity contribution < 1.29 is 4.79 Å². The number of hydrogen-bond acceptors (Lipinski definition) is 3. The Hall–Kier alpha value is -2.07. The van der Waals surface area contributed by atoms with Crippen LogP contribution in [0.1, 0.15) is 5.56 Å². The van der Waals surface area contributed by atoms with Gasteiger partial charge in [-0.1, -0.05) is 23.7 Å².